The zero-order chi connectivity index (χ0) is 26.0. The van der Waals surface area contributed by atoms with Crippen LogP contribution in [0.1, 0.15) is 19.3 Å². The highest BCUT2D eigenvalue weighted by molar-refractivity contribution is 6.04. The van der Waals surface area contributed by atoms with Crippen LogP contribution in [0.15, 0.2) is 36.8 Å². The van der Waals surface area contributed by atoms with Gasteiger partial charge in [-0.25, -0.2) is 23.9 Å². The van der Waals surface area contributed by atoms with Gasteiger partial charge in [0.05, 0.1) is 11.9 Å². The zero-order valence-electron chi connectivity index (χ0n) is 21.5. The van der Waals surface area contributed by atoms with Crippen LogP contribution in [-0.4, -0.2) is 81.3 Å². The number of hydrogen-bond donors (Lipinski definition) is 2. The fourth-order valence-corrected chi connectivity index (χ4v) is 6.07. The van der Waals surface area contributed by atoms with Crippen molar-refractivity contribution >= 4 is 39.6 Å². The van der Waals surface area contributed by atoms with Gasteiger partial charge in [0.15, 0.2) is 17.1 Å². The fraction of sp³-hybridized carbons (Fsp3) is 0.444. The number of carbonyl (C=O) groups is 1. The fourth-order valence-electron chi connectivity index (χ4n) is 6.07. The molecule has 3 fully saturated rings. The van der Waals surface area contributed by atoms with Gasteiger partial charge in [-0.2, -0.15) is 0 Å². The highest BCUT2D eigenvalue weighted by Crippen LogP contribution is 2.41. The number of amides is 1. The van der Waals surface area contributed by atoms with Gasteiger partial charge in [-0.15, -0.1) is 5.10 Å². The Morgan fingerprint density at radius 1 is 1.08 bits per heavy atom. The molecule has 0 spiro atoms. The monoisotopic (exact) mass is 515 g/mol. The standard InChI is InChI=1S/C27H30FN9O/c1-29-24-20-9-30-22(32-26(38)27(28)5-6-27)8-19(20)21(10-31-24)25-33-23-4-3-18(15-37(23)34-25)36-13-16-7-17(14-36)12-35(2)11-16/h3-4,8-10,15-17H,5-7,11-14H2,1-2H3,(H,29,31)(H,30,32,38). The SMILES string of the molecule is CNc1ncc(-c2nc3ccc(N4CC5CC(CN(C)C5)C4)cn3n2)c2cc(NC(=O)C3(F)CC3)ncc12. The molecule has 0 aromatic carbocycles. The second-order valence-corrected chi connectivity index (χ2v) is 11.0. The van der Waals surface area contributed by atoms with Crippen molar-refractivity contribution in [1.82, 2.24) is 29.5 Å². The van der Waals surface area contributed by atoms with Crippen molar-refractivity contribution in [3.8, 4) is 11.4 Å². The lowest BCUT2D eigenvalue weighted by Crippen LogP contribution is -2.51. The first-order valence-electron chi connectivity index (χ1n) is 13.2. The summed E-state index contributed by atoms with van der Waals surface area (Å²) in [5.41, 5.74) is 0.815. The Morgan fingerprint density at radius 3 is 2.61 bits per heavy atom. The average Bonchev–Trinajstić information content (AvgIpc) is 3.52. The summed E-state index contributed by atoms with van der Waals surface area (Å²) >= 11 is 0. The number of pyridine rings is 3. The molecule has 2 saturated heterocycles. The maximum absolute atomic E-state index is 14.2. The smallest absolute Gasteiger partial charge is 0.263 e. The van der Waals surface area contributed by atoms with E-state index in [0.29, 0.717) is 29.0 Å². The van der Waals surface area contributed by atoms with Crippen molar-refractivity contribution in [2.45, 2.75) is 24.9 Å². The normalized spacial score (nSPS) is 22.6. The van der Waals surface area contributed by atoms with Crippen molar-refractivity contribution in [1.29, 1.82) is 0 Å². The molecule has 11 heteroatoms. The van der Waals surface area contributed by atoms with Crippen LogP contribution in [0.2, 0.25) is 0 Å². The third-order valence-electron chi connectivity index (χ3n) is 8.03. The first kappa shape index (κ1) is 23.3. The van der Waals surface area contributed by atoms with E-state index in [-0.39, 0.29) is 18.7 Å². The molecular weight excluding hydrogens is 485 g/mol. The number of rotatable bonds is 5. The molecule has 7 rings (SSSR count). The summed E-state index contributed by atoms with van der Waals surface area (Å²) in [4.78, 5) is 30.9. The lowest BCUT2D eigenvalue weighted by atomic mass is 9.85. The molecule has 2 bridgehead atoms. The summed E-state index contributed by atoms with van der Waals surface area (Å²) in [6.07, 6.45) is 7.20. The third kappa shape index (κ3) is 4.01. The molecule has 2 N–H and O–H groups in total. The van der Waals surface area contributed by atoms with E-state index in [4.69, 9.17) is 10.1 Å². The van der Waals surface area contributed by atoms with E-state index < -0.39 is 11.6 Å². The molecular formula is C27H30FN9O. The summed E-state index contributed by atoms with van der Waals surface area (Å²) in [6.45, 7) is 4.40. The lowest BCUT2D eigenvalue weighted by Gasteiger charge is -2.45. The Kier molecular flexibility index (Phi) is 5.26. The molecule has 2 atom stereocenters. The first-order chi connectivity index (χ1) is 18.4. The van der Waals surface area contributed by atoms with E-state index in [2.05, 4.69) is 49.7 Å². The van der Waals surface area contributed by atoms with Crippen LogP contribution in [-0.2, 0) is 4.79 Å². The van der Waals surface area contributed by atoms with Gasteiger partial charge in [-0.1, -0.05) is 0 Å². The minimum absolute atomic E-state index is 0.244. The molecule has 0 radical (unpaired) electrons. The van der Waals surface area contributed by atoms with Crippen LogP contribution in [0.4, 0.5) is 21.7 Å². The van der Waals surface area contributed by atoms with Gasteiger partial charge in [0.25, 0.3) is 5.91 Å². The number of likely N-dealkylation sites (tertiary alicyclic amines) is 1. The maximum atomic E-state index is 14.2. The summed E-state index contributed by atoms with van der Waals surface area (Å²) in [5.74, 6) is 2.17. The Labute approximate surface area is 219 Å². The van der Waals surface area contributed by atoms with Gasteiger partial charge < -0.3 is 20.4 Å². The number of anilines is 3. The highest BCUT2D eigenvalue weighted by atomic mass is 19.1. The average molecular weight is 516 g/mol. The van der Waals surface area contributed by atoms with E-state index >= 15 is 0 Å². The molecule has 2 unspecified atom stereocenters. The summed E-state index contributed by atoms with van der Waals surface area (Å²) in [5, 5.41) is 12.0. The molecule has 1 saturated carbocycles. The molecule has 4 aromatic heterocycles. The molecule has 6 heterocycles. The Balaban J connectivity index is 1.24. The van der Waals surface area contributed by atoms with Gasteiger partial charge in [0, 0.05) is 62.0 Å². The molecule has 2 aliphatic heterocycles. The van der Waals surface area contributed by atoms with Crippen molar-refractivity contribution in [3.05, 3.63) is 36.8 Å². The van der Waals surface area contributed by atoms with Gasteiger partial charge in [-0.05, 0) is 56.3 Å². The van der Waals surface area contributed by atoms with E-state index in [1.54, 1.807) is 25.5 Å². The number of fused-ring (bicyclic) bond motifs is 4. The molecule has 1 aliphatic carbocycles. The van der Waals surface area contributed by atoms with Crippen molar-refractivity contribution < 1.29 is 9.18 Å². The van der Waals surface area contributed by atoms with Crippen molar-refractivity contribution in [2.24, 2.45) is 11.8 Å². The topological polar surface area (TPSA) is 104 Å². The Hall–Kier alpha value is -3.86. The second kappa shape index (κ2) is 8.59. The molecule has 4 aromatic rings. The summed E-state index contributed by atoms with van der Waals surface area (Å²) < 4.78 is 16.1. The van der Waals surface area contributed by atoms with Crippen LogP contribution in [0.25, 0.3) is 27.8 Å². The number of carbonyl (C=O) groups excluding carboxylic acids is 1. The first-order valence-corrected chi connectivity index (χ1v) is 13.2. The summed E-state index contributed by atoms with van der Waals surface area (Å²) in [7, 11) is 4.01. The molecule has 10 nitrogen and oxygen atoms in total. The number of halogens is 1. The van der Waals surface area contributed by atoms with Crippen LogP contribution in [0.3, 0.4) is 0 Å². The predicted octanol–water partition coefficient (Wildman–Crippen LogP) is 3.21. The Bertz CT molecular complexity index is 1550. The van der Waals surface area contributed by atoms with E-state index in [1.165, 1.54) is 6.42 Å². The van der Waals surface area contributed by atoms with Crippen LogP contribution >= 0.6 is 0 Å². The van der Waals surface area contributed by atoms with Gasteiger partial charge in [0.2, 0.25) is 0 Å². The minimum atomic E-state index is -1.78. The summed E-state index contributed by atoms with van der Waals surface area (Å²) in [6, 6.07) is 5.86. The number of aromatic nitrogens is 5. The van der Waals surface area contributed by atoms with Crippen LogP contribution in [0, 0.1) is 11.8 Å². The molecule has 3 aliphatic rings. The van der Waals surface area contributed by atoms with E-state index in [1.807, 2.05) is 10.6 Å². The second-order valence-electron chi connectivity index (χ2n) is 11.0. The lowest BCUT2D eigenvalue weighted by molar-refractivity contribution is -0.122. The van der Waals surface area contributed by atoms with Crippen LogP contribution in [0.5, 0.6) is 0 Å². The quantitative estimate of drug-likeness (QED) is 0.418. The Morgan fingerprint density at radius 2 is 1.87 bits per heavy atom. The molecule has 38 heavy (non-hydrogen) atoms. The number of nitrogens with zero attached hydrogens (tertiary/aromatic N) is 7. The maximum Gasteiger partial charge on any atom is 0.263 e. The number of nitrogens with one attached hydrogen (secondary N) is 2. The van der Waals surface area contributed by atoms with Gasteiger partial charge in [0.1, 0.15) is 11.6 Å². The predicted molar refractivity (Wildman–Crippen MR) is 144 cm³/mol. The third-order valence-corrected chi connectivity index (χ3v) is 8.03. The highest BCUT2D eigenvalue weighted by Gasteiger charge is 2.51. The minimum Gasteiger partial charge on any atom is -0.373 e. The van der Waals surface area contributed by atoms with Gasteiger partial charge in [-0.3, -0.25) is 4.79 Å². The molecule has 1 amide bonds. The zero-order valence-corrected chi connectivity index (χ0v) is 21.5. The van der Waals surface area contributed by atoms with E-state index in [9.17, 15) is 9.18 Å². The largest absolute Gasteiger partial charge is 0.373 e. The van der Waals surface area contributed by atoms with Crippen LogP contribution < -0.4 is 15.5 Å². The number of hydrogen-bond acceptors (Lipinski definition) is 8. The number of piperidine rings is 2. The van der Waals surface area contributed by atoms with Crippen molar-refractivity contribution in [2.75, 3.05) is 55.8 Å². The van der Waals surface area contributed by atoms with Crippen molar-refractivity contribution in [3.63, 3.8) is 0 Å². The molecule has 196 valence electrons. The van der Waals surface area contributed by atoms with E-state index in [0.717, 1.165) is 48.3 Å². The number of alkyl halides is 1. The van der Waals surface area contributed by atoms with Gasteiger partial charge >= 0.3 is 0 Å².